The zero-order chi connectivity index (χ0) is 31.8. The molecular weight excluding hydrogens is 621 g/mol. The molecule has 1 saturated heterocycles. The van der Waals surface area contributed by atoms with Gasteiger partial charge in [-0.25, -0.2) is 4.39 Å². The van der Waals surface area contributed by atoms with Crippen molar-refractivity contribution in [3.63, 3.8) is 0 Å². The van der Waals surface area contributed by atoms with Gasteiger partial charge in [0.1, 0.15) is 23.4 Å². The van der Waals surface area contributed by atoms with Gasteiger partial charge in [-0.2, -0.15) is 0 Å². The number of ketones is 1. The molecule has 0 bridgehead atoms. The predicted molar refractivity (Wildman–Crippen MR) is 167 cm³/mol. The van der Waals surface area contributed by atoms with E-state index in [9.17, 15) is 19.1 Å². The van der Waals surface area contributed by atoms with Crippen LogP contribution < -0.4 is 23.8 Å². The first-order valence-electron chi connectivity index (χ1n) is 13.8. The Morgan fingerprint density at radius 2 is 1.80 bits per heavy atom. The molecule has 6 rings (SSSR count). The van der Waals surface area contributed by atoms with Crippen molar-refractivity contribution in [1.29, 1.82) is 0 Å². The molecule has 2 aliphatic heterocycles. The number of Topliss-reactive ketones (excluding diaryl/α,β-unsaturated/α-hetero) is 1. The lowest BCUT2D eigenvalue weighted by atomic mass is 9.94. The first-order valence-corrected chi connectivity index (χ1v) is 15.6. The van der Waals surface area contributed by atoms with E-state index >= 15 is 0 Å². The van der Waals surface area contributed by atoms with Crippen LogP contribution in [0.1, 0.15) is 35.2 Å². The number of nitrogens with zero attached hydrogens (tertiary/aromatic N) is 3. The molecule has 232 valence electrons. The third-order valence-corrected chi connectivity index (χ3v) is 9.63. The quantitative estimate of drug-likeness (QED) is 0.0766. The molecule has 1 amide bonds. The van der Waals surface area contributed by atoms with E-state index in [0.29, 0.717) is 50.4 Å². The minimum atomic E-state index is -1.13. The molecule has 0 radical (unpaired) electrons. The average Bonchev–Trinajstić information content (AvgIpc) is 3.74. The zero-order valence-corrected chi connectivity index (χ0v) is 26.3. The van der Waals surface area contributed by atoms with Crippen molar-refractivity contribution in [2.75, 3.05) is 26.2 Å². The molecule has 3 aromatic carbocycles. The summed E-state index contributed by atoms with van der Waals surface area (Å²) in [4.78, 5) is 28.7. The van der Waals surface area contributed by atoms with Crippen molar-refractivity contribution in [2.45, 2.75) is 35.6 Å². The number of fused-ring (bicyclic) bond motifs is 1. The van der Waals surface area contributed by atoms with Gasteiger partial charge < -0.3 is 24.1 Å². The summed E-state index contributed by atoms with van der Waals surface area (Å²) < 4.78 is 37.1. The van der Waals surface area contributed by atoms with E-state index in [1.54, 1.807) is 48.5 Å². The Hall–Kier alpha value is -4.62. The number of aliphatic hydroxyl groups is 1. The first kappa shape index (κ1) is 30.4. The number of hydrogen-bond donors (Lipinski definition) is 1. The largest absolute Gasteiger partial charge is 0.507 e. The van der Waals surface area contributed by atoms with E-state index in [2.05, 4.69) is 10.2 Å². The van der Waals surface area contributed by atoms with Crippen molar-refractivity contribution in [1.82, 2.24) is 10.2 Å². The minimum absolute atomic E-state index is 0.0231. The van der Waals surface area contributed by atoms with Crippen LogP contribution in [0.15, 0.2) is 64.5 Å². The molecular formula is C32H28FN3O7S2. The normalized spacial score (nSPS) is 18.6. The summed E-state index contributed by atoms with van der Waals surface area (Å²) in [7, 11) is 4.37. The molecule has 2 aliphatic rings. The van der Waals surface area contributed by atoms with Gasteiger partial charge in [-0.15, -0.1) is 10.2 Å². The van der Waals surface area contributed by atoms with E-state index in [-0.39, 0.29) is 34.1 Å². The van der Waals surface area contributed by atoms with Crippen LogP contribution in [0, 0.1) is 5.82 Å². The summed E-state index contributed by atoms with van der Waals surface area (Å²) in [5, 5.41) is 20.2. The Morgan fingerprint density at radius 1 is 1.07 bits per heavy atom. The number of aliphatic hydroxyl groups excluding tert-OH is 1. The number of halogens is 1. The van der Waals surface area contributed by atoms with Gasteiger partial charge >= 0.3 is 5.91 Å². The maximum Gasteiger partial charge on any atom is 0.301 e. The lowest BCUT2D eigenvalue weighted by Gasteiger charge is -2.24. The summed E-state index contributed by atoms with van der Waals surface area (Å²) in [5.41, 5.74) is 1.99. The number of carbonyl (C=O) groups is 2. The minimum Gasteiger partial charge on any atom is -0.507 e. The van der Waals surface area contributed by atoms with Gasteiger partial charge in [-0.1, -0.05) is 41.3 Å². The van der Waals surface area contributed by atoms with Crippen LogP contribution in [0.4, 0.5) is 9.52 Å². The fraction of sp³-hybridized carbons (Fsp3) is 0.250. The number of anilines is 1. The third-order valence-electron chi connectivity index (χ3n) is 7.53. The number of thioether (sulfide) groups is 1. The lowest BCUT2D eigenvalue weighted by molar-refractivity contribution is -0.132. The van der Waals surface area contributed by atoms with Crippen molar-refractivity contribution in [2.24, 2.45) is 0 Å². The maximum atomic E-state index is 14.2. The van der Waals surface area contributed by atoms with Crippen LogP contribution in [0.3, 0.4) is 0 Å². The summed E-state index contributed by atoms with van der Waals surface area (Å²) >= 11 is 2.33. The van der Waals surface area contributed by atoms with Crippen LogP contribution in [-0.4, -0.2) is 54.4 Å². The molecule has 0 spiro atoms. The van der Waals surface area contributed by atoms with E-state index in [1.807, 2.05) is 6.92 Å². The SMILES string of the molecule is COc1cc(C2/C(=C(\O)c3ccc4c(c3)CC(C)O4)C(=O)C(=O)N2c2nnc(SCc3ccccc3F)s2)cc(OC)c1OC. The highest BCUT2D eigenvalue weighted by Crippen LogP contribution is 2.48. The van der Waals surface area contributed by atoms with Gasteiger partial charge in [0.15, 0.2) is 15.8 Å². The second-order valence-electron chi connectivity index (χ2n) is 10.3. The van der Waals surface area contributed by atoms with E-state index in [4.69, 9.17) is 18.9 Å². The van der Waals surface area contributed by atoms with Crippen molar-refractivity contribution in [3.8, 4) is 23.0 Å². The summed E-state index contributed by atoms with van der Waals surface area (Å²) in [6.45, 7) is 1.94. The molecule has 2 atom stereocenters. The molecule has 4 aromatic rings. The standard InChI is InChI=1S/C32H28FN3O7S2/c1-16-11-19-12-17(9-10-22(19)43-16)27(37)25-26(20-13-23(40-2)29(42-4)24(14-20)41-3)36(30(39)28(25)38)31-34-35-32(45-31)44-15-18-7-5-6-8-21(18)33/h5-10,12-14,16,26,37H,11,15H2,1-4H3/b27-25+. The van der Waals surface area contributed by atoms with Crippen molar-refractivity contribution in [3.05, 3.63) is 88.2 Å². The van der Waals surface area contributed by atoms with Gasteiger partial charge in [0.05, 0.1) is 32.9 Å². The maximum absolute atomic E-state index is 14.2. The van der Waals surface area contributed by atoms with Gasteiger partial charge in [-0.05, 0) is 60.0 Å². The Kier molecular flexibility index (Phi) is 8.38. The predicted octanol–water partition coefficient (Wildman–Crippen LogP) is 5.95. The van der Waals surface area contributed by atoms with Gasteiger partial charge in [0.25, 0.3) is 5.78 Å². The molecule has 2 unspecified atom stereocenters. The third kappa shape index (κ3) is 5.57. The van der Waals surface area contributed by atoms with Crippen LogP contribution in [0.2, 0.25) is 0 Å². The summed E-state index contributed by atoms with van der Waals surface area (Å²) in [6, 6.07) is 13.7. The van der Waals surface area contributed by atoms with Gasteiger partial charge in [-0.3, -0.25) is 14.5 Å². The molecule has 10 nitrogen and oxygen atoms in total. The second-order valence-corrected chi connectivity index (χ2v) is 12.5. The van der Waals surface area contributed by atoms with E-state index < -0.39 is 17.7 Å². The Labute approximate surface area is 266 Å². The highest BCUT2D eigenvalue weighted by Gasteiger charge is 2.49. The molecule has 45 heavy (non-hydrogen) atoms. The topological polar surface area (TPSA) is 120 Å². The molecule has 1 N–H and O–H groups in total. The van der Waals surface area contributed by atoms with Crippen LogP contribution in [0.25, 0.3) is 5.76 Å². The number of methoxy groups -OCH3 is 3. The molecule has 0 aliphatic carbocycles. The number of aromatic nitrogens is 2. The molecule has 0 saturated carbocycles. The highest BCUT2D eigenvalue weighted by molar-refractivity contribution is 8.00. The lowest BCUT2D eigenvalue weighted by Crippen LogP contribution is -2.29. The fourth-order valence-electron chi connectivity index (χ4n) is 5.44. The number of benzene rings is 3. The van der Waals surface area contributed by atoms with Gasteiger partial charge in [0, 0.05) is 17.7 Å². The van der Waals surface area contributed by atoms with Crippen LogP contribution >= 0.6 is 23.1 Å². The molecule has 13 heteroatoms. The Bertz CT molecular complexity index is 1820. The van der Waals surface area contributed by atoms with Gasteiger partial charge in [0.2, 0.25) is 10.9 Å². The summed E-state index contributed by atoms with van der Waals surface area (Å²) in [5.74, 6) is -0.588. The number of ether oxygens (including phenoxy) is 4. The second kappa shape index (κ2) is 12.4. The fourth-order valence-corrected chi connectivity index (χ4v) is 7.30. The van der Waals surface area contributed by atoms with Crippen molar-refractivity contribution < 1.29 is 38.0 Å². The smallest absolute Gasteiger partial charge is 0.301 e. The molecule has 3 heterocycles. The van der Waals surface area contributed by atoms with Crippen LogP contribution in [-0.2, 0) is 21.8 Å². The Balaban J connectivity index is 1.46. The molecule has 1 fully saturated rings. The zero-order valence-electron chi connectivity index (χ0n) is 24.7. The van der Waals surface area contributed by atoms with Crippen LogP contribution in [0.5, 0.6) is 23.0 Å². The number of rotatable bonds is 9. The number of hydrogen-bond acceptors (Lipinski definition) is 11. The average molecular weight is 650 g/mol. The monoisotopic (exact) mass is 649 g/mol. The number of carbonyl (C=O) groups excluding carboxylic acids is 2. The van der Waals surface area contributed by atoms with E-state index in [0.717, 1.165) is 16.9 Å². The highest BCUT2D eigenvalue weighted by atomic mass is 32.2. The van der Waals surface area contributed by atoms with E-state index in [1.165, 1.54) is 44.1 Å². The van der Waals surface area contributed by atoms with Crippen molar-refractivity contribution >= 4 is 45.7 Å². The first-order chi connectivity index (χ1) is 21.7. The summed E-state index contributed by atoms with van der Waals surface area (Å²) in [6.07, 6.45) is 0.615. The number of amides is 1. The Morgan fingerprint density at radius 3 is 2.49 bits per heavy atom. The molecule has 1 aromatic heterocycles.